The maximum Gasteiger partial charge on any atom is 0.260 e. The first-order valence-electron chi connectivity index (χ1n) is 10.1. The van der Waals surface area contributed by atoms with Gasteiger partial charge in [0.2, 0.25) is 5.91 Å². The molecule has 0 bridgehead atoms. The Hall–Kier alpha value is -3.69. The van der Waals surface area contributed by atoms with Gasteiger partial charge in [-0.3, -0.25) is 24.2 Å². The van der Waals surface area contributed by atoms with Crippen LogP contribution in [0.15, 0.2) is 36.7 Å². The van der Waals surface area contributed by atoms with E-state index in [4.69, 9.17) is 0 Å². The number of anilines is 1. The van der Waals surface area contributed by atoms with E-state index in [2.05, 4.69) is 10.1 Å². The van der Waals surface area contributed by atoms with Gasteiger partial charge in [0, 0.05) is 12.2 Å². The number of carbonyl (C=O) groups excluding carboxylic acids is 2. The maximum absolute atomic E-state index is 13.5. The highest BCUT2D eigenvalue weighted by Gasteiger charge is 2.35. The Kier molecular flexibility index (Phi) is 4.72. The second-order valence-corrected chi connectivity index (χ2v) is 7.97. The second kappa shape index (κ2) is 7.47. The van der Waals surface area contributed by atoms with Crippen LogP contribution in [0.4, 0.5) is 18.9 Å². The fourth-order valence-electron chi connectivity index (χ4n) is 4.25. The van der Waals surface area contributed by atoms with Crippen molar-refractivity contribution in [3.05, 3.63) is 76.6 Å². The van der Waals surface area contributed by atoms with Crippen molar-refractivity contribution in [3.63, 3.8) is 0 Å². The summed E-state index contributed by atoms with van der Waals surface area (Å²) in [5.41, 5.74) is 2.54. The standard InChI is InChI=1S/C22H18F3N5O2/c1-12-9-30-19(11-28(12)20(31)7-13-5-15(23)21(25)16(24)6-13)18(8-27-30)29-10-17-14(22(29)32)3-2-4-26-17/h2-6,8,12H,7,9-11H2,1H3/t12-/m0/s1. The summed E-state index contributed by atoms with van der Waals surface area (Å²) in [7, 11) is 0. The lowest BCUT2D eigenvalue weighted by Gasteiger charge is -2.35. The monoisotopic (exact) mass is 441 g/mol. The van der Waals surface area contributed by atoms with Gasteiger partial charge in [0.05, 0.1) is 54.9 Å². The molecule has 5 rings (SSSR count). The Morgan fingerprint density at radius 2 is 1.94 bits per heavy atom. The summed E-state index contributed by atoms with van der Waals surface area (Å²) in [6, 6.07) is 4.85. The topological polar surface area (TPSA) is 71.3 Å². The zero-order chi connectivity index (χ0) is 22.6. The van der Waals surface area contributed by atoms with Crippen LogP contribution >= 0.6 is 0 Å². The SMILES string of the molecule is C[C@H]1Cn2ncc(N3Cc4ncccc4C3=O)c2CN1C(=O)Cc1cc(F)c(F)c(F)c1. The maximum atomic E-state index is 13.5. The molecule has 2 amide bonds. The van der Waals surface area contributed by atoms with E-state index in [1.54, 1.807) is 39.0 Å². The number of nitrogens with zero attached hydrogens (tertiary/aromatic N) is 5. The first kappa shape index (κ1) is 20.2. The van der Waals surface area contributed by atoms with Crippen molar-refractivity contribution in [2.75, 3.05) is 4.90 Å². The minimum absolute atomic E-state index is 0.0501. The second-order valence-electron chi connectivity index (χ2n) is 7.97. The molecule has 1 atom stereocenters. The van der Waals surface area contributed by atoms with Crippen LogP contribution in [0.25, 0.3) is 0 Å². The predicted octanol–water partition coefficient (Wildman–Crippen LogP) is 2.83. The van der Waals surface area contributed by atoms with Gasteiger partial charge in [-0.1, -0.05) is 0 Å². The molecule has 0 spiro atoms. The molecule has 2 aliphatic rings. The normalized spacial score (nSPS) is 17.5. The molecule has 4 heterocycles. The van der Waals surface area contributed by atoms with E-state index in [1.165, 1.54) is 0 Å². The number of aromatic nitrogens is 3. The molecule has 0 N–H and O–H groups in total. The van der Waals surface area contributed by atoms with Gasteiger partial charge in [-0.2, -0.15) is 5.10 Å². The fourth-order valence-corrected chi connectivity index (χ4v) is 4.25. The van der Waals surface area contributed by atoms with Crippen LogP contribution < -0.4 is 4.90 Å². The lowest BCUT2D eigenvalue weighted by Crippen LogP contribution is -2.46. The largest absolute Gasteiger partial charge is 0.332 e. The molecule has 2 aliphatic heterocycles. The van der Waals surface area contributed by atoms with E-state index >= 15 is 0 Å². The van der Waals surface area contributed by atoms with Crippen molar-refractivity contribution >= 4 is 17.5 Å². The zero-order valence-electron chi connectivity index (χ0n) is 17.1. The summed E-state index contributed by atoms with van der Waals surface area (Å²) in [5, 5.41) is 4.38. The molecule has 0 aliphatic carbocycles. The van der Waals surface area contributed by atoms with Crippen LogP contribution in [0.5, 0.6) is 0 Å². The molecular weight excluding hydrogens is 423 g/mol. The molecule has 10 heteroatoms. The van der Waals surface area contributed by atoms with E-state index in [0.717, 1.165) is 12.1 Å². The Morgan fingerprint density at radius 3 is 2.66 bits per heavy atom. The lowest BCUT2D eigenvalue weighted by molar-refractivity contribution is -0.134. The molecule has 0 saturated carbocycles. The van der Waals surface area contributed by atoms with Crippen molar-refractivity contribution in [2.45, 2.75) is 39.0 Å². The smallest absolute Gasteiger partial charge is 0.260 e. The summed E-state index contributed by atoms with van der Waals surface area (Å²) >= 11 is 0. The third-order valence-electron chi connectivity index (χ3n) is 5.90. The van der Waals surface area contributed by atoms with Crippen molar-refractivity contribution in [1.29, 1.82) is 0 Å². The summed E-state index contributed by atoms with van der Waals surface area (Å²) in [6.45, 7) is 2.73. The number of halogens is 3. The lowest BCUT2D eigenvalue weighted by atomic mass is 10.1. The first-order valence-corrected chi connectivity index (χ1v) is 10.1. The fraction of sp³-hybridized carbons (Fsp3) is 0.273. The van der Waals surface area contributed by atoms with Gasteiger partial charge in [0.15, 0.2) is 17.5 Å². The van der Waals surface area contributed by atoms with Gasteiger partial charge in [-0.25, -0.2) is 13.2 Å². The predicted molar refractivity (Wildman–Crippen MR) is 107 cm³/mol. The van der Waals surface area contributed by atoms with Gasteiger partial charge in [-0.15, -0.1) is 0 Å². The van der Waals surface area contributed by atoms with Gasteiger partial charge < -0.3 is 4.90 Å². The summed E-state index contributed by atoms with van der Waals surface area (Å²) in [5.74, 6) is -4.77. The van der Waals surface area contributed by atoms with Crippen LogP contribution in [-0.4, -0.2) is 37.5 Å². The van der Waals surface area contributed by atoms with E-state index in [-0.39, 0.29) is 36.4 Å². The average Bonchev–Trinajstić information content (AvgIpc) is 3.31. The first-order chi connectivity index (χ1) is 15.3. The van der Waals surface area contributed by atoms with Gasteiger partial charge in [-0.05, 0) is 36.8 Å². The molecule has 0 radical (unpaired) electrons. The molecule has 0 saturated heterocycles. The Balaban J connectivity index is 1.40. The van der Waals surface area contributed by atoms with Crippen LogP contribution in [0.3, 0.4) is 0 Å². The highest BCUT2D eigenvalue weighted by Crippen LogP contribution is 2.32. The van der Waals surface area contributed by atoms with Gasteiger partial charge in [0.25, 0.3) is 5.91 Å². The Labute approximate surface area is 181 Å². The number of hydrogen-bond acceptors (Lipinski definition) is 4. The molecule has 3 aromatic rings. The minimum atomic E-state index is -1.56. The number of carbonyl (C=O) groups is 2. The Morgan fingerprint density at radius 1 is 1.19 bits per heavy atom. The van der Waals surface area contributed by atoms with Crippen molar-refractivity contribution in [1.82, 2.24) is 19.7 Å². The zero-order valence-corrected chi connectivity index (χ0v) is 17.1. The third-order valence-corrected chi connectivity index (χ3v) is 5.90. The van der Waals surface area contributed by atoms with Gasteiger partial charge in [0.1, 0.15) is 0 Å². The van der Waals surface area contributed by atoms with Gasteiger partial charge >= 0.3 is 0 Å². The van der Waals surface area contributed by atoms with Crippen molar-refractivity contribution < 1.29 is 22.8 Å². The minimum Gasteiger partial charge on any atom is -0.332 e. The quantitative estimate of drug-likeness (QED) is 0.586. The molecule has 7 nitrogen and oxygen atoms in total. The van der Waals surface area contributed by atoms with Crippen molar-refractivity contribution in [2.24, 2.45) is 0 Å². The molecular formula is C22H18F3N5O2. The molecule has 164 valence electrons. The molecule has 32 heavy (non-hydrogen) atoms. The Bertz CT molecular complexity index is 1240. The molecule has 2 aromatic heterocycles. The van der Waals surface area contributed by atoms with E-state index in [1.807, 2.05) is 6.92 Å². The highest BCUT2D eigenvalue weighted by molar-refractivity contribution is 6.09. The molecule has 1 aromatic carbocycles. The van der Waals surface area contributed by atoms with Crippen LogP contribution in [-0.2, 0) is 30.8 Å². The number of fused-ring (bicyclic) bond motifs is 2. The number of rotatable bonds is 3. The molecule has 0 unspecified atom stereocenters. The van der Waals surface area contributed by atoms with E-state index in [0.29, 0.717) is 35.7 Å². The number of pyridine rings is 1. The number of benzene rings is 1. The number of hydrogen-bond donors (Lipinski definition) is 0. The number of amides is 2. The average molecular weight is 441 g/mol. The van der Waals surface area contributed by atoms with Crippen LogP contribution in [0.2, 0.25) is 0 Å². The van der Waals surface area contributed by atoms with Crippen LogP contribution in [0.1, 0.15) is 34.2 Å². The summed E-state index contributed by atoms with van der Waals surface area (Å²) < 4.78 is 42.1. The summed E-state index contributed by atoms with van der Waals surface area (Å²) in [6.07, 6.45) is 2.96. The van der Waals surface area contributed by atoms with Crippen molar-refractivity contribution in [3.8, 4) is 0 Å². The highest BCUT2D eigenvalue weighted by atomic mass is 19.2. The molecule has 0 fully saturated rings. The third kappa shape index (κ3) is 3.22. The van der Waals surface area contributed by atoms with E-state index in [9.17, 15) is 22.8 Å². The van der Waals surface area contributed by atoms with Crippen LogP contribution in [0, 0.1) is 17.5 Å². The summed E-state index contributed by atoms with van der Waals surface area (Å²) in [4.78, 5) is 33.2. The van der Waals surface area contributed by atoms with E-state index < -0.39 is 17.5 Å².